The van der Waals surface area contributed by atoms with Gasteiger partial charge in [0.1, 0.15) is 35.6 Å². The maximum absolute atomic E-state index is 11.7. The van der Waals surface area contributed by atoms with E-state index in [9.17, 15) is 4.79 Å². The van der Waals surface area contributed by atoms with E-state index in [1.165, 1.54) is 11.9 Å². The van der Waals surface area contributed by atoms with Crippen LogP contribution < -0.4 is 10.1 Å². The summed E-state index contributed by atoms with van der Waals surface area (Å²) in [6.07, 6.45) is 10.6. The molecular formula is C31H35N9O2. The highest BCUT2D eigenvalue weighted by Gasteiger charge is 2.26. The minimum atomic E-state index is 0.354. The fourth-order valence-electron chi connectivity index (χ4n) is 5.66. The molecule has 4 aromatic heterocycles. The highest BCUT2D eigenvalue weighted by atomic mass is 16.5. The SMILES string of the molecule is Cc1cc(Nc2ncnn3ccc(C4CCN(C(=C=O)CCCN(C)C)CC4)c23)ccc1Oc1ccn2ncnc2c1. The van der Waals surface area contributed by atoms with Gasteiger partial charge < -0.3 is 19.9 Å². The number of pyridine rings is 1. The van der Waals surface area contributed by atoms with Gasteiger partial charge in [-0.1, -0.05) is 0 Å². The second kappa shape index (κ2) is 12.0. The van der Waals surface area contributed by atoms with Crippen molar-refractivity contribution in [3.05, 3.63) is 78.3 Å². The van der Waals surface area contributed by atoms with Crippen LogP contribution in [0.4, 0.5) is 11.5 Å². The third kappa shape index (κ3) is 5.83. The standard InChI is InChI=1S/C31H35N9O2/c1-22-17-24(6-7-28(22)42-26-10-15-39-29(18-26)32-20-34-39)36-31-30-27(11-16-40(30)35-21-33-31)23-8-13-38(14-9-23)25(19-41)5-4-12-37(2)3/h6-7,10-11,15-18,20-21,23H,4-5,8-9,12-14H2,1-3H3,(H,33,35,36). The van der Waals surface area contributed by atoms with Crippen molar-refractivity contribution in [3.63, 3.8) is 0 Å². The number of ether oxygens (including phenoxy) is 1. The number of nitrogens with zero attached hydrogens (tertiary/aromatic N) is 8. The van der Waals surface area contributed by atoms with Gasteiger partial charge in [-0.15, -0.1) is 0 Å². The van der Waals surface area contributed by atoms with Crippen LogP contribution in [-0.2, 0) is 4.79 Å². The largest absolute Gasteiger partial charge is 0.457 e. The summed E-state index contributed by atoms with van der Waals surface area (Å²) in [5.41, 5.74) is 5.62. The van der Waals surface area contributed by atoms with Gasteiger partial charge in [0, 0.05) is 37.2 Å². The molecule has 11 nitrogen and oxygen atoms in total. The maximum atomic E-state index is 11.7. The van der Waals surface area contributed by atoms with Crippen molar-refractivity contribution in [2.24, 2.45) is 0 Å². The number of allylic oxidation sites excluding steroid dienone is 1. The number of fused-ring (bicyclic) bond motifs is 2. The van der Waals surface area contributed by atoms with E-state index in [0.29, 0.717) is 11.7 Å². The summed E-state index contributed by atoms with van der Waals surface area (Å²) in [6.45, 7) is 4.67. The molecular weight excluding hydrogens is 530 g/mol. The summed E-state index contributed by atoms with van der Waals surface area (Å²) < 4.78 is 9.73. The fourth-order valence-corrected chi connectivity index (χ4v) is 5.66. The van der Waals surface area contributed by atoms with Gasteiger partial charge in [-0.25, -0.2) is 23.8 Å². The molecule has 0 amide bonds. The molecule has 216 valence electrons. The lowest BCUT2D eigenvalue weighted by molar-refractivity contribution is 0.254. The van der Waals surface area contributed by atoms with Crippen LogP contribution in [0, 0.1) is 6.92 Å². The Morgan fingerprint density at radius 3 is 2.62 bits per heavy atom. The van der Waals surface area contributed by atoms with E-state index in [-0.39, 0.29) is 0 Å². The summed E-state index contributed by atoms with van der Waals surface area (Å²) in [5.74, 6) is 4.79. The van der Waals surface area contributed by atoms with E-state index >= 15 is 0 Å². The Hall–Kier alpha value is -4.73. The molecule has 1 aliphatic heterocycles. The third-order valence-corrected chi connectivity index (χ3v) is 7.86. The van der Waals surface area contributed by atoms with E-state index in [1.807, 2.05) is 54.2 Å². The number of likely N-dealkylation sites (tertiary alicyclic amines) is 1. The second-order valence-corrected chi connectivity index (χ2v) is 11.0. The molecule has 6 rings (SSSR count). The quantitative estimate of drug-likeness (QED) is 0.238. The van der Waals surface area contributed by atoms with Crippen molar-refractivity contribution in [1.29, 1.82) is 0 Å². The first-order valence-electron chi connectivity index (χ1n) is 14.3. The molecule has 5 heterocycles. The fraction of sp³-hybridized carbons (Fsp3) is 0.355. The van der Waals surface area contributed by atoms with Crippen LogP contribution in [0.3, 0.4) is 0 Å². The first-order valence-corrected chi connectivity index (χ1v) is 14.3. The Balaban J connectivity index is 1.16. The van der Waals surface area contributed by atoms with Crippen molar-refractivity contribution < 1.29 is 9.53 Å². The number of benzene rings is 1. The predicted molar refractivity (Wildman–Crippen MR) is 161 cm³/mol. The van der Waals surface area contributed by atoms with Gasteiger partial charge in [-0.3, -0.25) is 0 Å². The summed E-state index contributed by atoms with van der Waals surface area (Å²) >= 11 is 0. The lowest BCUT2D eigenvalue weighted by Gasteiger charge is -2.34. The van der Waals surface area contributed by atoms with E-state index in [4.69, 9.17) is 4.74 Å². The van der Waals surface area contributed by atoms with Crippen molar-refractivity contribution in [3.8, 4) is 11.5 Å². The molecule has 1 saturated heterocycles. The minimum Gasteiger partial charge on any atom is -0.457 e. The Bertz CT molecular complexity index is 1740. The van der Waals surface area contributed by atoms with Gasteiger partial charge in [0.2, 0.25) is 0 Å². The monoisotopic (exact) mass is 565 g/mol. The average Bonchev–Trinajstić information content (AvgIpc) is 3.64. The molecule has 0 unspecified atom stereocenters. The van der Waals surface area contributed by atoms with Crippen LogP contribution in [0.2, 0.25) is 0 Å². The number of hydrogen-bond acceptors (Lipinski definition) is 9. The number of hydrogen-bond donors (Lipinski definition) is 1. The molecule has 1 fully saturated rings. The zero-order valence-electron chi connectivity index (χ0n) is 24.2. The number of nitrogens with one attached hydrogen (secondary N) is 1. The van der Waals surface area contributed by atoms with Gasteiger partial charge in [0.25, 0.3) is 0 Å². The van der Waals surface area contributed by atoms with Crippen molar-refractivity contribution in [2.45, 2.75) is 38.5 Å². The number of carbonyl (C=O) groups excluding carboxylic acids is 1. The zero-order valence-corrected chi connectivity index (χ0v) is 24.2. The summed E-state index contributed by atoms with van der Waals surface area (Å²) in [4.78, 5) is 24.9. The number of aromatic nitrogens is 6. The van der Waals surface area contributed by atoms with Crippen LogP contribution in [0.1, 0.15) is 42.7 Å². The third-order valence-electron chi connectivity index (χ3n) is 7.86. The Morgan fingerprint density at radius 2 is 1.83 bits per heavy atom. The van der Waals surface area contributed by atoms with E-state index < -0.39 is 0 Å². The molecule has 0 radical (unpaired) electrons. The van der Waals surface area contributed by atoms with Crippen molar-refractivity contribution in [1.82, 2.24) is 39.0 Å². The topological polar surface area (TPSA) is 105 Å². The maximum Gasteiger partial charge on any atom is 0.158 e. The molecule has 5 aromatic rings. The average molecular weight is 566 g/mol. The van der Waals surface area contributed by atoms with Gasteiger partial charge in [-0.05, 0) is 101 Å². The molecule has 1 aromatic carbocycles. The summed E-state index contributed by atoms with van der Waals surface area (Å²) in [5, 5.41) is 12.1. The Morgan fingerprint density at radius 1 is 1.05 bits per heavy atom. The van der Waals surface area contributed by atoms with Crippen LogP contribution in [0.25, 0.3) is 11.2 Å². The Kier molecular flexibility index (Phi) is 7.85. The Labute approximate surface area is 244 Å². The number of aryl methyl sites for hydroxylation is 1. The van der Waals surface area contributed by atoms with Crippen molar-refractivity contribution in [2.75, 3.05) is 39.0 Å². The predicted octanol–water partition coefficient (Wildman–Crippen LogP) is 4.85. The number of piperidine rings is 1. The first-order chi connectivity index (χ1) is 20.5. The van der Waals surface area contributed by atoms with Crippen LogP contribution in [-0.4, -0.2) is 78.7 Å². The summed E-state index contributed by atoms with van der Waals surface area (Å²) in [6, 6.07) is 11.9. The lowest BCUT2D eigenvalue weighted by atomic mass is 9.89. The molecule has 0 saturated carbocycles. The van der Waals surface area contributed by atoms with E-state index in [0.717, 1.165) is 85.0 Å². The van der Waals surface area contributed by atoms with E-state index in [2.05, 4.69) is 61.4 Å². The molecule has 1 N–H and O–H groups in total. The van der Waals surface area contributed by atoms with Crippen LogP contribution in [0.5, 0.6) is 11.5 Å². The molecule has 42 heavy (non-hydrogen) atoms. The normalized spacial score (nSPS) is 14.0. The molecule has 0 aliphatic carbocycles. The highest BCUT2D eigenvalue weighted by Crippen LogP contribution is 2.36. The van der Waals surface area contributed by atoms with Crippen LogP contribution >= 0.6 is 0 Å². The number of anilines is 2. The number of rotatable bonds is 10. The van der Waals surface area contributed by atoms with Gasteiger partial charge >= 0.3 is 0 Å². The van der Waals surface area contributed by atoms with Gasteiger partial charge in [0.05, 0.1) is 5.70 Å². The molecule has 0 bridgehead atoms. The highest BCUT2D eigenvalue weighted by molar-refractivity contribution is 5.77. The van der Waals surface area contributed by atoms with Crippen LogP contribution in [0.15, 0.2) is 67.1 Å². The van der Waals surface area contributed by atoms with Gasteiger partial charge in [0.15, 0.2) is 11.5 Å². The minimum absolute atomic E-state index is 0.354. The smallest absolute Gasteiger partial charge is 0.158 e. The molecule has 11 heteroatoms. The summed E-state index contributed by atoms with van der Waals surface area (Å²) in [7, 11) is 4.11. The molecule has 1 aliphatic rings. The van der Waals surface area contributed by atoms with E-state index in [1.54, 1.807) is 10.8 Å². The second-order valence-electron chi connectivity index (χ2n) is 11.0. The molecule has 0 atom stereocenters. The molecule has 0 spiro atoms. The van der Waals surface area contributed by atoms with Gasteiger partial charge in [-0.2, -0.15) is 10.2 Å². The first kappa shape index (κ1) is 27.4. The lowest BCUT2D eigenvalue weighted by Crippen LogP contribution is -2.33. The van der Waals surface area contributed by atoms with Crippen molar-refractivity contribution >= 4 is 28.6 Å². The zero-order chi connectivity index (χ0) is 29.1.